The number of fused-ring (bicyclic) bond motifs is 1. The van der Waals surface area contributed by atoms with E-state index in [-0.39, 0.29) is 11.7 Å². The summed E-state index contributed by atoms with van der Waals surface area (Å²) < 4.78 is 5.35. The van der Waals surface area contributed by atoms with Crippen LogP contribution < -0.4 is 10.5 Å². The molecule has 0 spiro atoms. The lowest BCUT2D eigenvalue weighted by Crippen LogP contribution is -2.22. The van der Waals surface area contributed by atoms with Crippen molar-refractivity contribution < 1.29 is 9.66 Å². The summed E-state index contributed by atoms with van der Waals surface area (Å²) >= 11 is 0. The molecule has 5 nitrogen and oxygen atoms in total. The molecule has 0 radical (unpaired) electrons. The Kier molecular flexibility index (Phi) is 2.32. The van der Waals surface area contributed by atoms with E-state index < -0.39 is 4.92 Å². The number of hydrogen-bond acceptors (Lipinski definition) is 4. The summed E-state index contributed by atoms with van der Waals surface area (Å²) in [5.41, 5.74) is 7.64. The van der Waals surface area contributed by atoms with Crippen molar-refractivity contribution in [3.63, 3.8) is 0 Å². The average Bonchev–Trinajstić information content (AvgIpc) is 2.17. The SMILES string of the molecule is Cc1ccc([N+](=O)[O-])c2c1[C@@H](N)CCO2. The van der Waals surface area contributed by atoms with Crippen LogP contribution in [-0.4, -0.2) is 11.5 Å². The third-order valence-corrected chi connectivity index (χ3v) is 2.64. The summed E-state index contributed by atoms with van der Waals surface area (Å²) in [6.45, 7) is 2.33. The molecule has 1 aromatic rings. The van der Waals surface area contributed by atoms with Gasteiger partial charge in [-0.15, -0.1) is 0 Å². The zero-order valence-electron chi connectivity index (χ0n) is 8.40. The fourth-order valence-corrected chi connectivity index (χ4v) is 1.88. The predicted molar refractivity (Wildman–Crippen MR) is 54.9 cm³/mol. The van der Waals surface area contributed by atoms with Crippen molar-refractivity contribution in [2.75, 3.05) is 6.61 Å². The lowest BCUT2D eigenvalue weighted by atomic mass is 9.96. The number of nitrogens with two attached hydrogens (primary N) is 1. The Morgan fingerprint density at radius 3 is 3.00 bits per heavy atom. The lowest BCUT2D eigenvalue weighted by Gasteiger charge is -2.24. The highest BCUT2D eigenvalue weighted by Gasteiger charge is 2.27. The van der Waals surface area contributed by atoms with E-state index >= 15 is 0 Å². The minimum Gasteiger partial charge on any atom is -0.486 e. The Balaban J connectivity index is 2.63. The number of nitrogens with zero attached hydrogens (tertiary/aromatic N) is 1. The Morgan fingerprint density at radius 1 is 1.60 bits per heavy atom. The molecule has 0 aliphatic carbocycles. The minimum atomic E-state index is -0.434. The second-order valence-corrected chi connectivity index (χ2v) is 3.65. The van der Waals surface area contributed by atoms with Gasteiger partial charge in [-0.1, -0.05) is 6.07 Å². The van der Waals surface area contributed by atoms with E-state index in [1.165, 1.54) is 6.07 Å². The van der Waals surface area contributed by atoms with Gasteiger partial charge in [-0.2, -0.15) is 0 Å². The highest BCUT2D eigenvalue weighted by atomic mass is 16.6. The van der Waals surface area contributed by atoms with Crippen LogP contribution in [0.5, 0.6) is 5.75 Å². The maximum Gasteiger partial charge on any atom is 0.311 e. The molecule has 80 valence electrons. The molecule has 1 atom stereocenters. The van der Waals surface area contributed by atoms with Crippen LogP contribution in [0.1, 0.15) is 23.6 Å². The van der Waals surface area contributed by atoms with Gasteiger partial charge in [0.05, 0.1) is 11.5 Å². The molecule has 0 saturated heterocycles. The van der Waals surface area contributed by atoms with Crippen molar-refractivity contribution in [1.29, 1.82) is 0 Å². The molecule has 1 aromatic carbocycles. The van der Waals surface area contributed by atoms with Gasteiger partial charge in [0.15, 0.2) is 0 Å². The largest absolute Gasteiger partial charge is 0.486 e. The van der Waals surface area contributed by atoms with Crippen LogP contribution in [0.2, 0.25) is 0 Å². The number of nitro benzene ring substituents is 1. The van der Waals surface area contributed by atoms with E-state index in [1.54, 1.807) is 6.07 Å². The first-order valence-electron chi connectivity index (χ1n) is 4.77. The zero-order chi connectivity index (χ0) is 11.0. The van der Waals surface area contributed by atoms with Gasteiger partial charge in [0.25, 0.3) is 0 Å². The van der Waals surface area contributed by atoms with Crippen molar-refractivity contribution in [3.05, 3.63) is 33.4 Å². The van der Waals surface area contributed by atoms with Gasteiger partial charge in [-0.3, -0.25) is 10.1 Å². The molecule has 0 aromatic heterocycles. The molecule has 0 unspecified atom stereocenters. The van der Waals surface area contributed by atoms with Crippen LogP contribution >= 0.6 is 0 Å². The van der Waals surface area contributed by atoms with Crippen LogP contribution in [0.15, 0.2) is 12.1 Å². The molecule has 5 heteroatoms. The molecule has 1 heterocycles. The summed E-state index contributed by atoms with van der Waals surface area (Å²) in [5, 5.41) is 10.8. The molecule has 0 saturated carbocycles. The van der Waals surface area contributed by atoms with Crippen LogP contribution in [0.4, 0.5) is 5.69 Å². The molecule has 0 fully saturated rings. The summed E-state index contributed by atoms with van der Waals surface area (Å²) in [5.74, 6) is 0.346. The van der Waals surface area contributed by atoms with Gasteiger partial charge in [0.2, 0.25) is 5.75 Å². The Labute approximate surface area is 87.0 Å². The number of aryl methyl sites for hydroxylation is 1. The first kappa shape index (κ1) is 9.92. The summed E-state index contributed by atoms with van der Waals surface area (Å²) in [6, 6.07) is 3.02. The van der Waals surface area contributed by atoms with Gasteiger partial charge in [0.1, 0.15) is 0 Å². The summed E-state index contributed by atoms with van der Waals surface area (Å²) in [4.78, 5) is 10.3. The van der Waals surface area contributed by atoms with Crippen LogP contribution in [0.3, 0.4) is 0 Å². The van der Waals surface area contributed by atoms with Gasteiger partial charge < -0.3 is 10.5 Å². The molecule has 2 rings (SSSR count). The van der Waals surface area contributed by atoms with Gasteiger partial charge in [0, 0.05) is 24.1 Å². The van der Waals surface area contributed by atoms with Crippen molar-refractivity contribution in [2.45, 2.75) is 19.4 Å². The first-order chi connectivity index (χ1) is 7.11. The monoisotopic (exact) mass is 208 g/mol. The van der Waals surface area contributed by atoms with E-state index in [0.29, 0.717) is 18.8 Å². The topological polar surface area (TPSA) is 78.4 Å². The Hall–Kier alpha value is -1.62. The van der Waals surface area contributed by atoms with E-state index in [2.05, 4.69) is 0 Å². The summed E-state index contributed by atoms with van der Waals surface area (Å²) in [6.07, 6.45) is 0.703. The molecular weight excluding hydrogens is 196 g/mol. The lowest BCUT2D eigenvalue weighted by molar-refractivity contribution is -0.386. The number of ether oxygens (including phenoxy) is 1. The van der Waals surface area contributed by atoms with Crippen molar-refractivity contribution in [2.24, 2.45) is 5.73 Å². The number of rotatable bonds is 1. The molecule has 2 N–H and O–H groups in total. The van der Waals surface area contributed by atoms with Crippen LogP contribution in [-0.2, 0) is 0 Å². The van der Waals surface area contributed by atoms with E-state index in [9.17, 15) is 10.1 Å². The van der Waals surface area contributed by atoms with Crippen molar-refractivity contribution in [1.82, 2.24) is 0 Å². The molecule has 1 aliphatic rings. The average molecular weight is 208 g/mol. The minimum absolute atomic E-state index is 0.00532. The molecule has 0 bridgehead atoms. The van der Waals surface area contributed by atoms with E-state index in [1.807, 2.05) is 6.92 Å². The third-order valence-electron chi connectivity index (χ3n) is 2.64. The highest BCUT2D eigenvalue weighted by molar-refractivity contribution is 5.56. The fraction of sp³-hybridized carbons (Fsp3) is 0.400. The van der Waals surface area contributed by atoms with E-state index in [0.717, 1.165) is 11.1 Å². The van der Waals surface area contributed by atoms with E-state index in [4.69, 9.17) is 10.5 Å². The summed E-state index contributed by atoms with van der Waals surface area (Å²) in [7, 11) is 0. The Bertz CT molecular complexity index is 417. The third kappa shape index (κ3) is 1.55. The van der Waals surface area contributed by atoms with Gasteiger partial charge >= 0.3 is 5.69 Å². The number of hydrogen-bond donors (Lipinski definition) is 1. The Morgan fingerprint density at radius 2 is 2.33 bits per heavy atom. The fourth-order valence-electron chi connectivity index (χ4n) is 1.88. The highest BCUT2D eigenvalue weighted by Crippen LogP contribution is 2.40. The smallest absolute Gasteiger partial charge is 0.311 e. The molecular formula is C10H12N2O3. The number of nitro groups is 1. The zero-order valence-corrected chi connectivity index (χ0v) is 8.40. The first-order valence-corrected chi connectivity index (χ1v) is 4.77. The molecule has 0 amide bonds. The van der Waals surface area contributed by atoms with Crippen molar-refractivity contribution >= 4 is 5.69 Å². The second kappa shape index (κ2) is 3.51. The maximum absolute atomic E-state index is 10.8. The van der Waals surface area contributed by atoms with Crippen LogP contribution in [0, 0.1) is 17.0 Å². The standard InChI is InChI=1S/C10H12N2O3/c1-6-2-3-8(12(13)14)10-9(6)7(11)4-5-15-10/h2-3,7H,4-5,11H2,1H3/t7-/m0/s1. The van der Waals surface area contributed by atoms with Gasteiger partial charge in [-0.25, -0.2) is 0 Å². The second-order valence-electron chi connectivity index (χ2n) is 3.65. The van der Waals surface area contributed by atoms with Gasteiger partial charge in [-0.05, 0) is 12.5 Å². The maximum atomic E-state index is 10.8. The molecule has 1 aliphatic heterocycles. The van der Waals surface area contributed by atoms with Crippen LogP contribution in [0.25, 0.3) is 0 Å². The quantitative estimate of drug-likeness (QED) is 0.562. The number of benzene rings is 1. The molecule has 15 heavy (non-hydrogen) atoms. The predicted octanol–water partition coefficient (Wildman–Crippen LogP) is 1.69. The normalized spacial score (nSPS) is 19.2. The van der Waals surface area contributed by atoms with Crippen molar-refractivity contribution in [3.8, 4) is 5.75 Å².